The molecule has 0 bridgehead atoms. The van der Waals surface area contributed by atoms with Gasteiger partial charge >= 0.3 is 0 Å². The predicted octanol–water partition coefficient (Wildman–Crippen LogP) is 2.81. The first kappa shape index (κ1) is 13.9. The Kier molecular flexibility index (Phi) is 3.82. The standard InChI is InChI=1S/C12H15ClFN5/c1-12(2,3)19-11(16-17-18-19)9-6-4-5-8(7-9)10(13)15-14/h4-7,10,15H,1-3H3. The number of tetrazole rings is 1. The molecule has 1 unspecified atom stereocenters. The number of hydrogen-bond acceptors (Lipinski definition) is 4. The third-order valence-electron chi connectivity index (χ3n) is 2.64. The first-order valence-corrected chi connectivity index (χ1v) is 6.26. The van der Waals surface area contributed by atoms with Gasteiger partial charge in [0.1, 0.15) is 5.50 Å². The van der Waals surface area contributed by atoms with E-state index in [1.54, 1.807) is 22.9 Å². The van der Waals surface area contributed by atoms with Gasteiger partial charge in [-0.3, -0.25) is 0 Å². The highest BCUT2D eigenvalue weighted by Gasteiger charge is 2.21. The van der Waals surface area contributed by atoms with Gasteiger partial charge in [-0.2, -0.15) is 0 Å². The van der Waals surface area contributed by atoms with Gasteiger partial charge in [-0.1, -0.05) is 29.8 Å². The van der Waals surface area contributed by atoms with Gasteiger partial charge in [0.15, 0.2) is 5.82 Å². The van der Waals surface area contributed by atoms with Crippen molar-refractivity contribution in [2.45, 2.75) is 31.8 Å². The number of nitrogens with zero attached hydrogens (tertiary/aromatic N) is 4. The zero-order valence-corrected chi connectivity index (χ0v) is 11.7. The van der Waals surface area contributed by atoms with E-state index in [4.69, 9.17) is 11.6 Å². The molecule has 1 heterocycles. The first-order chi connectivity index (χ1) is 8.93. The average molecular weight is 284 g/mol. The van der Waals surface area contributed by atoms with Crippen LogP contribution in [-0.2, 0) is 5.54 Å². The van der Waals surface area contributed by atoms with Crippen molar-refractivity contribution in [2.75, 3.05) is 0 Å². The molecule has 7 heteroatoms. The Balaban J connectivity index is 2.46. The van der Waals surface area contributed by atoms with Crippen LogP contribution in [-0.4, -0.2) is 20.2 Å². The normalized spacial score (nSPS) is 13.5. The number of halogens is 2. The molecule has 1 aromatic carbocycles. The second-order valence-corrected chi connectivity index (χ2v) is 5.62. The predicted molar refractivity (Wildman–Crippen MR) is 71.1 cm³/mol. The van der Waals surface area contributed by atoms with E-state index >= 15 is 0 Å². The summed E-state index contributed by atoms with van der Waals surface area (Å²) in [5, 5.41) is 11.7. The minimum Gasteiger partial charge on any atom is -0.220 e. The molecule has 2 rings (SSSR count). The van der Waals surface area contributed by atoms with Crippen LogP contribution in [0.25, 0.3) is 11.4 Å². The Hall–Kier alpha value is -1.53. The summed E-state index contributed by atoms with van der Waals surface area (Å²) in [6.45, 7) is 6.01. The molecule has 0 aliphatic heterocycles. The molecule has 0 saturated heterocycles. The highest BCUT2D eigenvalue weighted by atomic mass is 35.5. The first-order valence-electron chi connectivity index (χ1n) is 5.83. The van der Waals surface area contributed by atoms with Crippen molar-refractivity contribution in [1.82, 2.24) is 25.7 Å². The third-order valence-corrected chi connectivity index (χ3v) is 2.97. The lowest BCUT2D eigenvalue weighted by atomic mass is 10.1. The van der Waals surface area contributed by atoms with Crippen LogP contribution >= 0.6 is 11.6 Å². The van der Waals surface area contributed by atoms with Crippen molar-refractivity contribution in [2.24, 2.45) is 0 Å². The van der Waals surface area contributed by atoms with Crippen LogP contribution < -0.4 is 5.54 Å². The van der Waals surface area contributed by atoms with Crippen LogP contribution in [0.1, 0.15) is 31.8 Å². The maximum Gasteiger partial charge on any atom is 0.182 e. The molecule has 1 aromatic heterocycles. The van der Waals surface area contributed by atoms with E-state index in [0.717, 1.165) is 5.56 Å². The Labute approximate surface area is 115 Å². The lowest BCUT2D eigenvalue weighted by Crippen LogP contribution is -2.24. The third kappa shape index (κ3) is 2.90. The fourth-order valence-corrected chi connectivity index (χ4v) is 1.85. The number of benzene rings is 1. The summed E-state index contributed by atoms with van der Waals surface area (Å²) in [6, 6.07) is 7.15. The lowest BCUT2D eigenvalue weighted by molar-refractivity contribution is 0.320. The van der Waals surface area contributed by atoms with Crippen molar-refractivity contribution >= 4 is 11.6 Å². The molecule has 0 amide bonds. The smallest absolute Gasteiger partial charge is 0.182 e. The number of hydrogen-bond donors (Lipinski definition) is 1. The molecule has 0 fully saturated rings. The monoisotopic (exact) mass is 283 g/mol. The van der Waals surface area contributed by atoms with E-state index in [0.29, 0.717) is 11.4 Å². The van der Waals surface area contributed by atoms with Gasteiger partial charge in [-0.05, 0) is 42.8 Å². The molecular weight excluding hydrogens is 269 g/mol. The summed E-state index contributed by atoms with van der Waals surface area (Å²) < 4.78 is 14.1. The van der Waals surface area contributed by atoms with E-state index in [2.05, 4.69) is 15.5 Å². The highest BCUT2D eigenvalue weighted by molar-refractivity contribution is 6.20. The van der Waals surface area contributed by atoms with Gasteiger partial charge in [0, 0.05) is 5.56 Å². The number of nitrogens with one attached hydrogen (secondary N) is 1. The molecule has 2 aromatic rings. The molecule has 1 N–H and O–H groups in total. The van der Waals surface area contributed by atoms with E-state index < -0.39 is 5.50 Å². The Morgan fingerprint density at radius 1 is 1.37 bits per heavy atom. The average Bonchev–Trinajstić information content (AvgIpc) is 2.87. The Morgan fingerprint density at radius 2 is 2.11 bits per heavy atom. The van der Waals surface area contributed by atoms with Gasteiger partial charge in [0.05, 0.1) is 5.54 Å². The van der Waals surface area contributed by atoms with E-state index in [1.807, 2.05) is 26.8 Å². The molecule has 0 saturated carbocycles. The Bertz CT molecular complexity index is 563. The highest BCUT2D eigenvalue weighted by Crippen LogP contribution is 2.26. The molecule has 0 radical (unpaired) electrons. The summed E-state index contributed by atoms with van der Waals surface area (Å²) in [5.41, 5.74) is 1.78. The molecule has 0 spiro atoms. The van der Waals surface area contributed by atoms with Gasteiger partial charge in [0.25, 0.3) is 0 Å². The van der Waals surface area contributed by atoms with Gasteiger partial charge < -0.3 is 0 Å². The fraction of sp³-hybridized carbons (Fsp3) is 0.417. The van der Waals surface area contributed by atoms with Gasteiger partial charge in [-0.15, -0.1) is 15.1 Å². The Morgan fingerprint density at radius 3 is 2.74 bits per heavy atom. The number of alkyl halides is 1. The summed E-state index contributed by atoms with van der Waals surface area (Å²) in [6.07, 6.45) is 0. The van der Waals surface area contributed by atoms with Crippen molar-refractivity contribution in [1.29, 1.82) is 0 Å². The summed E-state index contributed by atoms with van der Waals surface area (Å²) in [4.78, 5) is 0. The maximum atomic E-state index is 12.4. The van der Waals surface area contributed by atoms with Crippen LogP contribution in [0.4, 0.5) is 4.48 Å². The van der Waals surface area contributed by atoms with E-state index in [1.165, 1.54) is 5.54 Å². The largest absolute Gasteiger partial charge is 0.220 e. The molecule has 5 nitrogen and oxygen atoms in total. The van der Waals surface area contributed by atoms with Crippen molar-refractivity contribution in [3.8, 4) is 11.4 Å². The summed E-state index contributed by atoms with van der Waals surface area (Å²) in [5.74, 6) is 0.622. The van der Waals surface area contributed by atoms with Crippen molar-refractivity contribution in [3.63, 3.8) is 0 Å². The SMILES string of the molecule is CC(C)(C)n1nnnc1-c1cccc(C(Cl)NF)c1. The van der Waals surface area contributed by atoms with E-state index in [9.17, 15) is 4.48 Å². The molecule has 102 valence electrons. The van der Waals surface area contributed by atoms with Crippen LogP contribution in [0.2, 0.25) is 0 Å². The number of rotatable bonds is 3. The van der Waals surface area contributed by atoms with Gasteiger partial charge in [-0.25, -0.2) is 4.68 Å². The van der Waals surface area contributed by atoms with Crippen LogP contribution in [0.15, 0.2) is 24.3 Å². The molecular formula is C12H15ClFN5. The van der Waals surface area contributed by atoms with Gasteiger partial charge in [0.2, 0.25) is 0 Å². The summed E-state index contributed by atoms with van der Waals surface area (Å²) in [7, 11) is 0. The molecule has 19 heavy (non-hydrogen) atoms. The van der Waals surface area contributed by atoms with Crippen LogP contribution in [0.3, 0.4) is 0 Å². The van der Waals surface area contributed by atoms with Crippen LogP contribution in [0, 0.1) is 0 Å². The second-order valence-electron chi connectivity index (χ2n) is 5.18. The summed E-state index contributed by atoms with van der Waals surface area (Å²) >= 11 is 5.81. The lowest BCUT2D eigenvalue weighted by Gasteiger charge is -2.20. The molecule has 1 atom stereocenters. The van der Waals surface area contributed by atoms with Crippen molar-refractivity contribution in [3.05, 3.63) is 29.8 Å². The van der Waals surface area contributed by atoms with Crippen molar-refractivity contribution < 1.29 is 4.48 Å². The molecule has 0 aliphatic rings. The topological polar surface area (TPSA) is 55.6 Å². The van der Waals surface area contributed by atoms with E-state index in [-0.39, 0.29) is 5.54 Å². The van der Waals surface area contributed by atoms with Crippen LogP contribution in [0.5, 0.6) is 0 Å². The molecule has 0 aliphatic carbocycles. The fourth-order valence-electron chi connectivity index (χ4n) is 1.72. The minimum absolute atomic E-state index is 0.243. The number of aromatic nitrogens is 4. The minimum atomic E-state index is -0.890. The maximum absolute atomic E-state index is 12.4. The zero-order chi connectivity index (χ0) is 14.0. The second kappa shape index (κ2) is 5.22. The zero-order valence-electron chi connectivity index (χ0n) is 10.9. The quantitative estimate of drug-likeness (QED) is 0.535.